The van der Waals surface area contributed by atoms with Crippen molar-refractivity contribution in [1.29, 1.82) is 0 Å². The van der Waals surface area contributed by atoms with Crippen LogP contribution in [0, 0.1) is 11.6 Å². The Bertz CT molecular complexity index is 587. The molecule has 0 radical (unpaired) electrons. The van der Waals surface area contributed by atoms with Gasteiger partial charge in [-0.1, -0.05) is 6.92 Å². The summed E-state index contributed by atoms with van der Waals surface area (Å²) in [5, 5.41) is 3.49. The van der Waals surface area contributed by atoms with Gasteiger partial charge in [0.25, 0.3) is 0 Å². The molecule has 0 unspecified atom stereocenters. The number of hydrogen-bond donors (Lipinski definition) is 1. The Morgan fingerprint density at radius 2 is 2.00 bits per heavy atom. The zero-order chi connectivity index (χ0) is 12.7. The second kappa shape index (κ2) is 4.35. The van der Waals surface area contributed by atoms with Gasteiger partial charge < -0.3 is 9.73 Å². The van der Waals surface area contributed by atoms with Crippen molar-refractivity contribution in [1.82, 2.24) is 5.32 Å². The molecule has 1 heterocycles. The van der Waals surface area contributed by atoms with Crippen LogP contribution in [0.25, 0.3) is 11.0 Å². The summed E-state index contributed by atoms with van der Waals surface area (Å²) in [7, 11) is 0. The van der Waals surface area contributed by atoms with Crippen molar-refractivity contribution in [3.63, 3.8) is 0 Å². The molecule has 3 rings (SSSR count). The molecule has 0 atom stereocenters. The fraction of sp³-hybridized carbons (Fsp3) is 0.429. The van der Waals surface area contributed by atoms with Crippen molar-refractivity contribution in [2.24, 2.45) is 0 Å². The van der Waals surface area contributed by atoms with Crippen molar-refractivity contribution >= 4 is 11.0 Å². The van der Waals surface area contributed by atoms with E-state index in [1.807, 2.05) is 6.92 Å². The molecule has 96 valence electrons. The molecule has 1 fully saturated rings. The highest BCUT2D eigenvalue weighted by molar-refractivity contribution is 5.84. The minimum atomic E-state index is -0.490. The van der Waals surface area contributed by atoms with Crippen molar-refractivity contribution in [3.8, 4) is 0 Å². The molecule has 2 nitrogen and oxygen atoms in total. The van der Waals surface area contributed by atoms with Crippen LogP contribution in [0.3, 0.4) is 0 Å². The first-order valence-corrected chi connectivity index (χ1v) is 6.32. The summed E-state index contributed by atoms with van der Waals surface area (Å²) < 4.78 is 33.1. The van der Waals surface area contributed by atoms with Crippen LogP contribution in [-0.4, -0.2) is 6.54 Å². The molecule has 1 N–H and O–H groups in total. The Morgan fingerprint density at radius 3 is 2.67 bits per heavy atom. The Hall–Kier alpha value is -1.42. The van der Waals surface area contributed by atoms with E-state index in [0.717, 1.165) is 31.0 Å². The normalized spacial score (nSPS) is 15.5. The summed E-state index contributed by atoms with van der Waals surface area (Å²) in [6, 6.07) is 2.30. The highest BCUT2D eigenvalue weighted by Crippen LogP contribution is 2.47. The number of rotatable bonds is 4. The summed E-state index contributed by atoms with van der Waals surface area (Å²) in [6.45, 7) is 3.31. The molecule has 2 aromatic rings. The van der Waals surface area contributed by atoms with Gasteiger partial charge in [-0.05, 0) is 37.4 Å². The monoisotopic (exact) mass is 251 g/mol. The lowest BCUT2D eigenvalue weighted by Crippen LogP contribution is -2.12. The lowest BCUT2D eigenvalue weighted by atomic mass is 10.1. The molecule has 1 aliphatic rings. The van der Waals surface area contributed by atoms with E-state index in [0.29, 0.717) is 23.6 Å². The van der Waals surface area contributed by atoms with Gasteiger partial charge in [-0.25, -0.2) is 8.78 Å². The van der Waals surface area contributed by atoms with Crippen LogP contribution in [0.1, 0.15) is 37.0 Å². The van der Waals surface area contributed by atoms with Gasteiger partial charge in [0.2, 0.25) is 0 Å². The van der Waals surface area contributed by atoms with Gasteiger partial charge in [-0.3, -0.25) is 0 Å². The maximum absolute atomic E-state index is 13.9. The minimum absolute atomic E-state index is 0.0600. The van der Waals surface area contributed by atoms with E-state index < -0.39 is 5.82 Å². The standard InChI is InChI=1S/C14H15F2NO/c1-2-17-7-11-12(8-3-4-8)13-9(15)5-6-10(16)14(13)18-11/h5-6,8,17H,2-4,7H2,1H3. The smallest absolute Gasteiger partial charge is 0.173 e. The fourth-order valence-corrected chi connectivity index (χ4v) is 2.38. The number of furan rings is 1. The molecule has 1 saturated carbocycles. The molecule has 0 saturated heterocycles. The molecule has 1 aromatic heterocycles. The Kier molecular flexibility index (Phi) is 2.82. The average molecular weight is 251 g/mol. The lowest BCUT2D eigenvalue weighted by molar-refractivity contribution is 0.494. The van der Waals surface area contributed by atoms with E-state index in [9.17, 15) is 8.78 Å². The van der Waals surface area contributed by atoms with Gasteiger partial charge in [0, 0.05) is 5.56 Å². The fourth-order valence-electron chi connectivity index (χ4n) is 2.38. The first-order valence-electron chi connectivity index (χ1n) is 6.32. The predicted molar refractivity (Wildman–Crippen MR) is 65.5 cm³/mol. The van der Waals surface area contributed by atoms with Crippen LogP contribution in [0.2, 0.25) is 0 Å². The van der Waals surface area contributed by atoms with E-state index in [1.165, 1.54) is 6.07 Å². The predicted octanol–water partition coefficient (Wildman–Crippen LogP) is 3.70. The zero-order valence-corrected chi connectivity index (χ0v) is 10.2. The number of nitrogens with one attached hydrogen (secondary N) is 1. The summed E-state index contributed by atoms with van der Waals surface area (Å²) >= 11 is 0. The summed E-state index contributed by atoms with van der Waals surface area (Å²) in [6.07, 6.45) is 2.06. The Labute approximate surface area is 104 Å². The highest BCUT2D eigenvalue weighted by atomic mass is 19.1. The Morgan fingerprint density at radius 1 is 1.28 bits per heavy atom. The van der Waals surface area contributed by atoms with Crippen LogP contribution in [0.4, 0.5) is 8.78 Å². The van der Waals surface area contributed by atoms with E-state index in [-0.39, 0.29) is 11.4 Å². The van der Waals surface area contributed by atoms with E-state index in [2.05, 4.69) is 5.32 Å². The van der Waals surface area contributed by atoms with E-state index in [1.54, 1.807) is 0 Å². The third kappa shape index (κ3) is 1.81. The molecular formula is C14H15F2NO. The maximum atomic E-state index is 13.9. The topological polar surface area (TPSA) is 25.2 Å². The number of halogens is 2. The van der Waals surface area contributed by atoms with Gasteiger partial charge >= 0.3 is 0 Å². The molecule has 4 heteroatoms. The molecule has 0 bridgehead atoms. The second-order valence-corrected chi connectivity index (χ2v) is 4.73. The van der Waals surface area contributed by atoms with Crippen LogP contribution in [0.15, 0.2) is 16.5 Å². The van der Waals surface area contributed by atoms with E-state index >= 15 is 0 Å². The number of hydrogen-bond acceptors (Lipinski definition) is 2. The van der Waals surface area contributed by atoms with Crippen LogP contribution in [-0.2, 0) is 6.54 Å². The van der Waals surface area contributed by atoms with E-state index in [4.69, 9.17) is 4.42 Å². The molecule has 0 amide bonds. The summed E-state index contributed by atoms with van der Waals surface area (Å²) in [5.41, 5.74) is 0.924. The van der Waals surface area contributed by atoms with Crippen molar-refractivity contribution in [2.45, 2.75) is 32.2 Å². The molecule has 0 spiro atoms. The van der Waals surface area contributed by atoms with Crippen LogP contribution in [0.5, 0.6) is 0 Å². The average Bonchev–Trinajstić information content (AvgIpc) is 3.12. The second-order valence-electron chi connectivity index (χ2n) is 4.73. The largest absolute Gasteiger partial charge is 0.456 e. The van der Waals surface area contributed by atoms with Crippen LogP contribution < -0.4 is 5.32 Å². The number of fused-ring (bicyclic) bond motifs is 1. The summed E-state index contributed by atoms with van der Waals surface area (Å²) in [5.74, 6) is 0.130. The highest BCUT2D eigenvalue weighted by Gasteiger charge is 2.32. The molecule has 0 aliphatic heterocycles. The first-order chi connectivity index (χ1) is 8.72. The molecule has 1 aliphatic carbocycles. The van der Waals surface area contributed by atoms with Gasteiger partial charge in [0.05, 0.1) is 11.9 Å². The van der Waals surface area contributed by atoms with Gasteiger partial charge in [-0.15, -0.1) is 0 Å². The maximum Gasteiger partial charge on any atom is 0.173 e. The molecule has 18 heavy (non-hydrogen) atoms. The lowest BCUT2D eigenvalue weighted by Gasteiger charge is -2.01. The third-order valence-electron chi connectivity index (χ3n) is 3.37. The van der Waals surface area contributed by atoms with Crippen LogP contribution >= 0.6 is 0 Å². The minimum Gasteiger partial charge on any atom is -0.456 e. The number of benzene rings is 1. The van der Waals surface area contributed by atoms with Gasteiger partial charge in [0.15, 0.2) is 11.4 Å². The quantitative estimate of drug-likeness (QED) is 0.896. The SMILES string of the molecule is CCNCc1oc2c(F)ccc(F)c2c1C1CC1. The first kappa shape index (κ1) is 11.7. The van der Waals surface area contributed by atoms with Gasteiger partial charge in [-0.2, -0.15) is 0 Å². The van der Waals surface area contributed by atoms with Crippen molar-refractivity contribution in [3.05, 3.63) is 35.1 Å². The Balaban J connectivity index is 2.19. The van der Waals surface area contributed by atoms with Crippen molar-refractivity contribution in [2.75, 3.05) is 6.54 Å². The molecular weight excluding hydrogens is 236 g/mol. The summed E-state index contributed by atoms with van der Waals surface area (Å²) in [4.78, 5) is 0. The zero-order valence-electron chi connectivity index (χ0n) is 10.2. The third-order valence-corrected chi connectivity index (χ3v) is 3.37. The van der Waals surface area contributed by atoms with Gasteiger partial charge in [0.1, 0.15) is 11.6 Å². The molecule has 1 aromatic carbocycles. The van der Waals surface area contributed by atoms with Crippen molar-refractivity contribution < 1.29 is 13.2 Å².